The van der Waals surface area contributed by atoms with Crippen LogP contribution >= 0.6 is 22.3 Å². The normalized spacial score (nSPS) is 19.7. The lowest BCUT2D eigenvalue weighted by molar-refractivity contribution is 0.0788. The Hall–Kier alpha value is -0.780. The van der Waals surface area contributed by atoms with Crippen molar-refractivity contribution in [2.75, 3.05) is 13.1 Å². The molecule has 1 aliphatic rings. The fourth-order valence-corrected chi connectivity index (χ4v) is 3.23. The van der Waals surface area contributed by atoms with Crippen molar-refractivity contribution in [3.63, 3.8) is 0 Å². The van der Waals surface area contributed by atoms with E-state index >= 15 is 0 Å². The lowest BCUT2D eigenvalue weighted by Crippen LogP contribution is -2.28. The quantitative estimate of drug-likeness (QED) is 0.787. The highest BCUT2D eigenvalue weighted by Gasteiger charge is 2.25. The zero-order chi connectivity index (χ0) is 14.2. The molecular formula is C12H13Cl2NO3S. The first-order valence-corrected chi connectivity index (χ1v) is 8.50. The van der Waals surface area contributed by atoms with Gasteiger partial charge in [0, 0.05) is 34.4 Å². The van der Waals surface area contributed by atoms with Crippen LogP contribution in [-0.4, -0.2) is 32.3 Å². The van der Waals surface area contributed by atoms with E-state index in [0.717, 1.165) is 6.42 Å². The number of carbonyl (C=O) groups excluding carboxylic acids is 1. The van der Waals surface area contributed by atoms with Gasteiger partial charge in [0.05, 0.1) is 4.90 Å². The molecule has 0 N–H and O–H groups in total. The van der Waals surface area contributed by atoms with Gasteiger partial charge >= 0.3 is 0 Å². The standard InChI is InChI=1S/C12H13Cl2NO3S/c1-8-2-3-15(7-8)12(16)9-4-10(13)6-11(5-9)19(14,17)18/h4-6,8H,2-3,7H2,1H3. The third-order valence-electron chi connectivity index (χ3n) is 3.11. The third kappa shape index (κ3) is 3.41. The molecule has 19 heavy (non-hydrogen) atoms. The molecule has 7 heteroatoms. The Morgan fingerprint density at radius 3 is 2.58 bits per heavy atom. The van der Waals surface area contributed by atoms with E-state index in [1.807, 2.05) is 0 Å². The van der Waals surface area contributed by atoms with Crippen LogP contribution in [0.4, 0.5) is 0 Å². The predicted molar refractivity (Wildman–Crippen MR) is 74.2 cm³/mol. The molecule has 1 heterocycles. The molecule has 1 aromatic rings. The number of hydrogen-bond donors (Lipinski definition) is 0. The van der Waals surface area contributed by atoms with Gasteiger partial charge in [0.1, 0.15) is 0 Å². The fraction of sp³-hybridized carbons (Fsp3) is 0.417. The van der Waals surface area contributed by atoms with Crippen LogP contribution in [0.2, 0.25) is 5.02 Å². The summed E-state index contributed by atoms with van der Waals surface area (Å²) in [5.41, 5.74) is 0.251. The van der Waals surface area contributed by atoms with Crippen LogP contribution < -0.4 is 0 Å². The lowest BCUT2D eigenvalue weighted by atomic mass is 10.2. The summed E-state index contributed by atoms with van der Waals surface area (Å²) in [6.07, 6.45) is 0.951. The molecule has 0 saturated carbocycles. The average Bonchev–Trinajstić information content (AvgIpc) is 2.73. The van der Waals surface area contributed by atoms with Gasteiger partial charge < -0.3 is 4.90 Å². The molecule has 0 aromatic heterocycles. The largest absolute Gasteiger partial charge is 0.338 e. The second kappa shape index (κ2) is 5.31. The molecule has 1 unspecified atom stereocenters. The topological polar surface area (TPSA) is 54.5 Å². The van der Waals surface area contributed by atoms with Gasteiger partial charge in [-0.3, -0.25) is 4.79 Å². The summed E-state index contributed by atoms with van der Waals surface area (Å²) in [7, 11) is 1.38. The number of nitrogens with zero attached hydrogens (tertiary/aromatic N) is 1. The van der Waals surface area contributed by atoms with Crippen LogP contribution in [0.3, 0.4) is 0 Å². The molecule has 0 spiro atoms. The Labute approximate surface area is 121 Å². The number of benzene rings is 1. The molecule has 0 radical (unpaired) electrons. The number of amides is 1. The van der Waals surface area contributed by atoms with Gasteiger partial charge in [-0.15, -0.1) is 0 Å². The van der Waals surface area contributed by atoms with Crippen LogP contribution in [0.25, 0.3) is 0 Å². The molecule has 0 aliphatic carbocycles. The van der Waals surface area contributed by atoms with Gasteiger partial charge in [0.25, 0.3) is 15.0 Å². The smallest absolute Gasteiger partial charge is 0.261 e. The van der Waals surface area contributed by atoms with Crippen LogP contribution in [0.1, 0.15) is 23.7 Å². The van der Waals surface area contributed by atoms with Gasteiger partial charge in [0.2, 0.25) is 0 Å². The highest BCUT2D eigenvalue weighted by atomic mass is 35.7. The molecule has 104 valence electrons. The van der Waals surface area contributed by atoms with E-state index in [2.05, 4.69) is 6.92 Å². The molecule has 4 nitrogen and oxygen atoms in total. The molecule has 1 aliphatic heterocycles. The zero-order valence-corrected chi connectivity index (χ0v) is 12.6. The summed E-state index contributed by atoms with van der Waals surface area (Å²) in [6.45, 7) is 3.42. The number of hydrogen-bond acceptors (Lipinski definition) is 3. The minimum absolute atomic E-state index is 0.155. The van der Waals surface area contributed by atoms with Gasteiger partial charge in [-0.2, -0.15) is 0 Å². The highest BCUT2D eigenvalue weighted by Crippen LogP contribution is 2.24. The number of rotatable bonds is 2. The summed E-state index contributed by atoms with van der Waals surface area (Å²) < 4.78 is 22.6. The summed E-state index contributed by atoms with van der Waals surface area (Å²) in [6, 6.07) is 3.95. The van der Waals surface area contributed by atoms with E-state index < -0.39 is 9.05 Å². The first-order valence-electron chi connectivity index (χ1n) is 5.82. The summed E-state index contributed by atoms with van der Waals surface area (Å²) in [4.78, 5) is 13.8. The van der Waals surface area contributed by atoms with Gasteiger partial charge in [-0.25, -0.2) is 8.42 Å². The summed E-state index contributed by atoms with van der Waals surface area (Å²) in [5.74, 6) is 0.243. The van der Waals surface area contributed by atoms with Crippen molar-refractivity contribution in [2.24, 2.45) is 5.92 Å². The van der Waals surface area contributed by atoms with Crippen LogP contribution in [0, 0.1) is 5.92 Å². The SMILES string of the molecule is CC1CCN(C(=O)c2cc(Cl)cc(S(=O)(=O)Cl)c2)C1. The van der Waals surface area contributed by atoms with E-state index in [0.29, 0.717) is 19.0 Å². The van der Waals surface area contributed by atoms with Crippen LogP contribution in [-0.2, 0) is 9.05 Å². The maximum Gasteiger partial charge on any atom is 0.261 e. The molecule has 1 atom stereocenters. The van der Waals surface area contributed by atoms with Crippen LogP contribution in [0.15, 0.2) is 23.1 Å². The van der Waals surface area contributed by atoms with Gasteiger partial charge in [-0.05, 0) is 30.5 Å². The second-order valence-corrected chi connectivity index (χ2v) is 7.76. The molecule has 1 saturated heterocycles. The maximum absolute atomic E-state index is 12.3. The molecule has 0 bridgehead atoms. The Balaban J connectivity index is 2.35. The molecule has 1 fully saturated rings. The Morgan fingerprint density at radius 2 is 2.05 bits per heavy atom. The van der Waals surface area contributed by atoms with Crippen molar-refractivity contribution >= 4 is 37.2 Å². The molecule has 1 amide bonds. The first-order chi connectivity index (χ1) is 8.77. The van der Waals surface area contributed by atoms with Crippen molar-refractivity contribution < 1.29 is 13.2 Å². The number of halogens is 2. The minimum atomic E-state index is -3.90. The van der Waals surface area contributed by atoms with E-state index in [4.69, 9.17) is 22.3 Å². The Bertz CT molecular complexity index is 615. The predicted octanol–water partition coefficient (Wildman–Crippen LogP) is 2.75. The monoisotopic (exact) mass is 321 g/mol. The maximum atomic E-state index is 12.3. The van der Waals surface area contributed by atoms with Crippen molar-refractivity contribution in [2.45, 2.75) is 18.2 Å². The number of likely N-dealkylation sites (tertiary alicyclic amines) is 1. The average molecular weight is 322 g/mol. The van der Waals surface area contributed by atoms with E-state index in [1.54, 1.807) is 4.90 Å². The Kier molecular flexibility index (Phi) is 4.08. The Morgan fingerprint density at radius 1 is 1.37 bits per heavy atom. The lowest BCUT2D eigenvalue weighted by Gasteiger charge is -2.16. The van der Waals surface area contributed by atoms with E-state index in [1.165, 1.54) is 18.2 Å². The van der Waals surface area contributed by atoms with E-state index in [9.17, 15) is 13.2 Å². The molecule has 2 rings (SSSR count). The van der Waals surface area contributed by atoms with Crippen molar-refractivity contribution in [1.29, 1.82) is 0 Å². The second-order valence-electron chi connectivity index (χ2n) is 4.76. The fourth-order valence-electron chi connectivity index (χ4n) is 2.13. The molecular weight excluding hydrogens is 309 g/mol. The van der Waals surface area contributed by atoms with Gasteiger partial charge in [0.15, 0.2) is 0 Å². The van der Waals surface area contributed by atoms with Crippen molar-refractivity contribution in [3.05, 3.63) is 28.8 Å². The van der Waals surface area contributed by atoms with Crippen LogP contribution in [0.5, 0.6) is 0 Å². The number of carbonyl (C=O) groups is 1. The van der Waals surface area contributed by atoms with Gasteiger partial charge in [-0.1, -0.05) is 18.5 Å². The third-order valence-corrected chi connectivity index (χ3v) is 4.66. The molecule has 1 aromatic carbocycles. The van der Waals surface area contributed by atoms with Crippen molar-refractivity contribution in [3.8, 4) is 0 Å². The summed E-state index contributed by atoms with van der Waals surface area (Å²) >= 11 is 5.84. The first kappa shape index (κ1) is 14.6. The van der Waals surface area contributed by atoms with Crippen molar-refractivity contribution in [1.82, 2.24) is 4.90 Å². The van der Waals surface area contributed by atoms with E-state index in [-0.39, 0.29) is 21.4 Å². The summed E-state index contributed by atoms with van der Waals surface area (Å²) in [5, 5.41) is 0.178. The minimum Gasteiger partial charge on any atom is -0.338 e. The highest BCUT2D eigenvalue weighted by molar-refractivity contribution is 8.13. The zero-order valence-electron chi connectivity index (χ0n) is 10.3.